The Bertz CT molecular complexity index is 485. The van der Waals surface area contributed by atoms with E-state index in [1.165, 1.54) is 5.56 Å². The number of carbonyl (C=O) groups is 1. The third-order valence-electron chi connectivity index (χ3n) is 3.22. The zero-order chi connectivity index (χ0) is 14.8. The molecule has 1 aliphatic heterocycles. The van der Waals surface area contributed by atoms with Crippen LogP contribution < -0.4 is 0 Å². The summed E-state index contributed by atoms with van der Waals surface area (Å²) in [6, 6.07) is 2.09. The Morgan fingerprint density at radius 1 is 1.50 bits per heavy atom. The summed E-state index contributed by atoms with van der Waals surface area (Å²) in [6.45, 7) is 7.23. The lowest BCUT2D eigenvalue weighted by Crippen LogP contribution is -2.35. The lowest BCUT2D eigenvalue weighted by Gasteiger charge is -2.24. The van der Waals surface area contributed by atoms with Crippen molar-refractivity contribution < 1.29 is 9.53 Å². The van der Waals surface area contributed by atoms with Crippen LogP contribution in [0.1, 0.15) is 32.8 Å². The van der Waals surface area contributed by atoms with Gasteiger partial charge in [0, 0.05) is 30.0 Å². The van der Waals surface area contributed by atoms with Gasteiger partial charge in [-0.2, -0.15) is 0 Å². The largest absolute Gasteiger partial charge is 0.444 e. The van der Waals surface area contributed by atoms with Crippen molar-refractivity contribution in [2.45, 2.75) is 39.2 Å². The molecule has 1 aromatic rings. The van der Waals surface area contributed by atoms with Crippen molar-refractivity contribution in [3.05, 3.63) is 28.5 Å². The fourth-order valence-electron chi connectivity index (χ4n) is 2.39. The van der Waals surface area contributed by atoms with Gasteiger partial charge in [0.25, 0.3) is 0 Å². The molecule has 0 N–H and O–H groups in total. The molecule has 0 saturated carbocycles. The normalized spacial score (nSPS) is 19.2. The predicted octanol–water partition coefficient (Wildman–Crippen LogP) is 3.64. The minimum Gasteiger partial charge on any atom is -0.444 e. The molecule has 0 unspecified atom stereocenters. The average Bonchev–Trinajstić information content (AvgIpc) is 2.75. The predicted molar refractivity (Wildman–Crippen MR) is 81.6 cm³/mol. The minimum atomic E-state index is -0.427. The van der Waals surface area contributed by atoms with Crippen molar-refractivity contribution in [1.29, 1.82) is 0 Å². The number of hydrogen-bond donors (Lipinski definition) is 0. The molecule has 1 saturated heterocycles. The lowest BCUT2D eigenvalue weighted by molar-refractivity contribution is 0.0288. The van der Waals surface area contributed by atoms with Gasteiger partial charge in [0.05, 0.1) is 0 Å². The van der Waals surface area contributed by atoms with Crippen LogP contribution in [-0.4, -0.2) is 34.7 Å². The zero-order valence-corrected chi connectivity index (χ0v) is 13.8. The fraction of sp³-hybridized carbons (Fsp3) is 0.600. The second kappa shape index (κ2) is 6.12. The van der Waals surface area contributed by atoms with Crippen LogP contribution >= 0.6 is 15.9 Å². The Labute approximate surface area is 128 Å². The topological polar surface area (TPSA) is 42.4 Å². The lowest BCUT2D eigenvalue weighted by atomic mass is 10.0. The van der Waals surface area contributed by atoms with E-state index in [-0.39, 0.29) is 6.09 Å². The van der Waals surface area contributed by atoms with Gasteiger partial charge in [0.1, 0.15) is 5.60 Å². The third-order valence-corrected chi connectivity index (χ3v) is 3.66. The van der Waals surface area contributed by atoms with Crippen LogP contribution in [0.15, 0.2) is 22.9 Å². The Morgan fingerprint density at radius 3 is 2.90 bits per heavy atom. The van der Waals surface area contributed by atoms with E-state index in [1.54, 1.807) is 11.1 Å². The molecular formula is C15H21BrN2O2. The molecule has 2 rings (SSSR count). The highest BCUT2D eigenvalue weighted by Crippen LogP contribution is 2.23. The standard InChI is InChI=1S/C15H21BrN2O2/c1-15(2,3)20-14(19)18-5-4-11(10-18)6-12-7-13(16)9-17-8-12/h7-9,11H,4-6,10H2,1-3H3/t11-/m1/s1. The smallest absolute Gasteiger partial charge is 0.410 e. The number of rotatable bonds is 2. The van der Waals surface area contributed by atoms with E-state index >= 15 is 0 Å². The van der Waals surface area contributed by atoms with Crippen LogP contribution in [0.2, 0.25) is 0 Å². The molecular weight excluding hydrogens is 320 g/mol. The van der Waals surface area contributed by atoms with Crippen LogP contribution in [0.3, 0.4) is 0 Å². The number of carbonyl (C=O) groups excluding carboxylic acids is 1. The number of likely N-dealkylation sites (tertiary alicyclic amines) is 1. The summed E-state index contributed by atoms with van der Waals surface area (Å²) in [5.74, 6) is 0.485. The van der Waals surface area contributed by atoms with Crippen LogP contribution in [0.4, 0.5) is 4.79 Å². The molecule has 110 valence electrons. The van der Waals surface area contributed by atoms with Crippen molar-refractivity contribution in [3.63, 3.8) is 0 Å². The number of hydrogen-bond acceptors (Lipinski definition) is 3. The SMILES string of the molecule is CC(C)(C)OC(=O)N1CC[C@H](Cc2cncc(Br)c2)C1. The van der Waals surface area contributed by atoms with E-state index < -0.39 is 5.60 Å². The Hall–Kier alpha value is -1.10. The molecule has 0 spiro atoms. The minimum absolute atomic E-state index is 0.202. The number of nitrogens with zero attached hydrogens (tertiary/aromatic N) is 2. The van der Waals surface area contributed by atoms with Gasteiger partial charge in [-0.05, 0) is 67.1 Å². The fourth-order valence-corrected chi connectivity index (χ4v) is 2.80. The molecule has 4 nitrogen and oxygen atoms in total. The van der Waals surface area contributed by atoms with Gasteiger partial charge in [0.15, 0.2) is 0 Å². The summed E-state index contributed by atoms with van der Waals surface area (Å²) in [6.07, 6.45) is 5.44. The maximum absolute atomic E-state index is 12.0. The Balaban J connectivity index is 1.88. The molecule has 0 aliphatic carbocycles. The molecule has 20 heavy (non-hydrogen) atoms. The van der Waals surface area contributed by atoms with Crippen LogP contribution in [0.5, 0.6) is 0 Å². The average molecular weight is 341 g/mol. The van der Waals surface area contributed by atoms with E-state index in [0.717, 1.165) is 30.4 Å². The molecule has 2 heterocycles. The molecule has 5 heteroatoms. The van der Waals surface area contributed by atoms with Gasteiger partial charge in [-0.3, -0.25) is 4.98 Å². The van der Waals surface area contributed by atoms with Gasteiger partial charge < -0.3 is 9.64 Å². The molecule has 1 fully saturated rings. The van der Waals surface area contributed by atoms with Gasteiger partial charge in [-0.15, -0.1) is 0 Å². The Kier molecular flexibility index (Phi) is 4.68. The number of amides is 1. The first-order valence-electron chi connectivity index (χ1n) is 6.91. The van der Waals surface area contributed by atoms with Crippen molar-refractivity contribution >= 4 is 22.0 Å². The first-order chi connectivity index (χ1) is 9.33. The first-order valence-corrected chi connectivity index (χ1v) is 7.70. The maximum atomic E-state index is 12.0. The van der Waals surface area contributed by atoms with Crippen molar-refractivity contribution in [1.82, 2.24) is 9.88 Å². The van der Waals surface area contributed by atoms with Gasteiger partial charge in [0.2, 0.25) is 0 Å². The van der Waals surface area contributed by atoms with Gasteiger partial charge in [-0.1, -0.05) is 0 Å². The van der Waals surface area contributed by atoms with Gasteiger partial charge in [-0.25, -0.2) is 4.79 Å². The third kappa shape index (κ3) is 4.47. The molecule has 1 aromatic heterocycles. The van der Waals surface area contributed by atoms with E-state index in [9.17, 15) is 4.79 Å². The zero-order valence-electron chi connectivity index (χ0n) is 12.2. The number of pyridine rings is 1. The van der Waals surface area contributed by atoms with Crippen LogP contribution in [-0.2, 0) is 11.2 Å². The number of aromatic nitrogens is 1. The maximum Gasteiger partial charge on any atom is 0.410 e. The summed E-state index contributed by atoms with van der Waals surface area (Å²) in [4.78, 5) is 18.0. The van der Waals surface area contributed by atoms with E-state index in [1.807, 2.05) is 27.0 Å². The van der Waals surface area contributed by atoms with Crippen LogP contribution in [0, 0.1) is 5.92 Å². The summed E-state index contributed by atoms with van der Waals surface area (Å²) in [5, 5.41) is 0. The van der Waals surface area contributed by atoms with Gasteiger partial charge >= 0.3 is 6.09 Å². The number of halogens is 1. The van der Waals surface area contributed by atoms with E-state index in [0.29, 0.717) is 5.92 Å². The van der Waals surface area contributed by atoms with Crippen molar-refractivity contribution in [2.24, 2.45) is 5.92 Å². The molecule has 0 radical (unpaired) electrons. The summed E-state index contributed by atoms with van der Waals surface area (Å²) < 4.78 is 6.40. The Morgan fingerprint density at radius 2 is 2.25 bits per heavy atom. The number of ether oxygens (including phenoxy) is 1. The molecule has 1 amide bonds. The van der Waals surface area contributed by atoms with E-state index in [2.05, 4.69) is 27.0 Å². The summed E-state index contributed by atoms with van der Waals surface area (Å²) >= 11 is 3.43. The summed E-state index contributed by atoms with van der Waals surface area (Å²) in [5.41, 5.74) is 0.777. The molecule has 1 aliphatic rings. The monoisotopic (exact) mass is 340 g/mol. The van der Waals surface area contributed by atoms with Crippen LogP contribution in [0.25, 0.3) is 0 Å². The quantitative estimate of drug-likeness (QED) is 0.825. The highest BCUT2D eigenvalue weighted by atomic mass is 79.9. The van der Waals surface area contributed by atoms with Crippen molar-refractivity contribution in [2.75, 3.05) is 13.1 Å². The first kappa shape index (κ1) is 15.3. The molecule has 0 aromatic carbocycles. The highest BCUT2D eigenvalue weighted by Gasteiger charge is 2.29. The molecule has 0 bridgehead atoms. The highest BCUT2D eigenvalue weighted by molar-refractivity contribution is 9.10. The summed E-state index contributed by atoms with van der Waals surface area (Å²) in [7, 11) is 0. The van der Waals surface area contributed by atoms with Crippen molar-refractivity contribution in [3.8, 4) is 0 Å². The second-order valence-electron chi connectivity index (χ2n) is 6.30. The van der Waals surface area contributed by atoms with E-state index in [4.69, 9.17) is 4.74 Å². The molecule has 1 atom stereocenters. The second-order valence-corrected chi connectivity index (χ2v) is 7.21.